The van der Waals surface area contributed by atoms with Gasteiger partial charge in [-0.1, -0.05) is 18.5 Å². The van der Waals surface area contributed by atoms with Gasteiger partial charge in [0, 0.05) is 31.2 Å². The minimum atomic E-state index is 0.174. The molecule has 3 unspecified atom stereocenters. The zero-order valence-corrected chi connectivity index (χ0v) is 12.6. The highest BCUT2D eigenvalue weighted by Gasteiger charge is 2.34. The Morgan fingerprint density at radius 2 is 2.37 bits per heavy atom. The topological polar surface area (TPSA) is 65.1 Å². The molecular formula is C13H23ClN4O. The molecule has 2 rings (SSSR count). The highest BCUT2D eigenvalue weighted by Crippen LogP contribution is 2.30. The number of rotatable bonds is 5. The van der Waals surface area contributed by atoms with Crippen molar-refractivity contribution in [3.05, 3.63) is 16.4 Å². The van der Waals surface area contributed by atoms with Crippen LogP contribution in [0.15, 0.2) is 0 Å². The summed E-state index contributed by atoms with van der Waals surface area (Å²) in [5.41, 5.74) is 4.99. The van der Waals surface area contributed by atoms with Crippen LogP contribution in [0.1, 0.15) is 31.0 Å². The maximum Gasteiger partial charge on any atom is 0.130 e. The molecule has 0 saturated carbocycles. The summed E-state index contributed by atoms with van der Waals surface area (Å²) in [7, 11) is 1.86. The molecule has 108 valence electrons. The molecule has 0 aliphatic carbocycles. The van der Waals surface area contributed by atoms with Crippen LogP contribution in [0, 0.1) is 12.8 Å². The van der Waals surface area contributed by atoms with Crippen LogP contribution in [0.3, 0.4) is 0 Å². The van der Waals surface area contributed by atoms with E-state index < -0.39 is 0 Å². The van der Waals surface area contributed by atoms with E-state index in [1.807, 2.05) is 14.0 Å². The number of ether oxygens (including phenoxy) is 1. The lowest BCUT2D eigenvalue weighted by atomic mass is 9.88. The Kier molecular flexibility index (Phi) is 4.84. The molecule has 5 nitrogen and oxygen atoms in total. The van der Waals surface area contributed by atoms with E-state index in [9.17, 15) is 0 Å². The average molecular weight is 287 g/mol. The molecule has 0 radical (unpaired) electrons. The van der Waals surface area contributed by atoms with Gasteiger partial charge in [-0.15, -0.1) is 0 Å². The molecule has 1 aromatic heterocycles. The van der Waals surface area contributed by atoms with Gasteiger partial charge in [0.05, 0.1) is 11.8 Å². The van der Waals surface area contributed by atoms with Crippen molar-refractivity contribution in [2.45, 2.75) is 45.3 Å². The maximum atomic E-state index is 6.29. The third-order valence-corrected chi connectivity index (χ3v) is 4.56. The van der Waals surface area contributed by atoms with Crippen LogP contribution in [-0.2, 0) is 18.2 Å². The van der Waals surface area contributed by atoms with Crippen molar-refractivity contribution in [1.82, 2.24) is 15.2 Å². The molecular weight excluding hydrogens is 264 g/mol. The number of aromatic nitrogens is 2. The summed E-state index contributed by atoms with van der Waals surface area (Å²) < 4.78 is 7.46. The molecule has 3 N–H and O–H groups in total. The second-order valence-electron chi connectivity index (χ2n) is 5.23. The third kappa shape index (κ3) is 2.94. The van der Waals surface area contributed by atoms with Gasteiger partial charge in [0.2, 0.25) is 0 Å². The Bertz CT molecular complexity index is 435. The van der Waals surface area contributed by atoms with Gasteiger partial charge >= 0.3 is 0 Å². The molecule has 0 aromatic carbocycles. The van der Waals surface area contributed by atoms with Crippen LogP contribution < -0.4 is 11.3 Å². The van der Waals surface area contributed by atoms with Crippen molar-refractivity contribution in [2.24, 2.45) is 18.8 Å². The number of nitrogens with two attached hydrogens (primary N) is 1. The summed E-state index contributed by atoms with van der Waals surface area (Å²) in [5, 5.41) is 5.05. The molecule has 3 atom stereocenters. The largest absolute Gasteiger partial charge is 0.378 e. The van der Waals surface area contributed by atoms with E-state index in [1.54, 1.807) is 4.68 Å². The van der Waals surface area contributed by atoms with Crippen LogP contribution in [0.5, 0.6) is 0 Å². The average Bonchev–Trinajstić information content (AvgIpc) is 2.95. The van der Waals surface area contributed by atoms with Crippen molar-refractivity contribution < 1.29 is 4.74 Å². The van der Waals surface area contributed by atoms with Crippen molar-refractivity contribution in [1.29, 1.82) is 0 Å². The maximum absolute atomic E-state index is 6.29. The first-order valence-electron chi connectivity index (χ1n) is 6.84. The number of nitrogens with one attached hydrogen (secondary N) is 1. The Morgan fingerprint density at radius 3 is 2.89 bits per heavy atom. The SMILES string of the molecule is CCC1OCCC1C(Cc1c(C)nn(C)c1Cl)NN. The highest BCUT2D eigenvalue weighted by atomic mass is 35.5. The van der Waals surface area contributed by atoms with Gasteiger partial charge < -0.3 is 4.74 Å². The molecule has 1 aliphatic heterocycles. The van der Waals surface area contributed by atoms with E-state index in [4.69, 9.17) is 22.2 Å². The summed E-state index contributed by atoms with van der Waals surface area (Å²) in [5.74, 6) is 6.18. The van der Waals surface area contributed by atoms with Crippen molar-refractivity contribution in [3.8, 4) is 0 Å². The fourth-order valence-corrected chi connectivity index (χ4v) is 3.26. The zero-order chi connectivity index (χ0) is 14.0. The van der Waals surface area contributed by atoms with Crippen LogP contribution in [0.4, 0.5) is 0 Å². The third-order valence-electron chi connectivity index (χ3n) is 4.09. The Labute approximate surface area is 119 Å². The van der Waals surface area contributed by atoms with E-state index in [-0.39, 0.29) is 12.1 Å². The predicted octanol–water partition coefficient (Wildman–Crippen LogP) is 1.57. The van der Waals surface area contributed by atoms with Crippen LogP contribution in [0.25, 0.3) is 0 Å². The molecule has 0 spiro atoms. The zero-order valence-electron chi connectivity index (χ0n) is 11.8. The second-order valence-corrected chi connectivity index (χ2v) is 5.58. The van der Waals surface area contributed by atoms with E-state index in [0.717, 1.165) is 37.1 Å². The Balaban J connectivity index is 2.14. The van der Waals surface area contributed by atoms with Crippen molar-refractivity contribution in [2.75, 3.05) is 6.61 Å². The molecule has 0 bridgehead atoms. The smallest absolute Gasteiger partial charge is 0.130 e. The predicted molar refractivity (Wildman–Crippen MR) is 75.9 cm³/mol. The van der Waals surface area contributed by atoms with E-state index >= 15 is 0 Å². The van der Waals surface area contributed by atoms with Crippen LogP contribution >= 0.6 is 11.6 Å². The quantitative estimate of drug-likeness (QED) is 0.637. The van der Waals surface area contributed by atoms with Gasteiger partial charge in [0.1, 0.15) is 5.15 Å². The summed E-state index contributed by atoms with van der Waals surface area (Å²) in [4.78, 5) is 0. The van der Waals surface area contributed by atoms with Gasteiger partial charge in [0.15, 0.2) is 0 Å². The second kappa shape index (κ2) is 6.22. The van der Waals surface area contributed by atoms with Gasteiger partial charge in [-0.25, -0.2) is 0 Å². The highest BCUT2D eigenvalue weighted by molar-refractivity contribution is 6.30. The number of hydrogen-bond acceptors (Lipinski definition) is 4. The molecule has 2 heterocycles. The lowest BCUT2D eigenvalue weighted by Gasteiger charge is -2.26. The van der Waals surface area contributed by atoms with Crippen molar-refractivity contribution >= 4 is 11.6 Å². The molecule has 19 heavy (non-hydrogen) atoms. The van der Waals surface area contributed by atoms with E-state index in [2.05, 4.69) is 17.4 Å². The summed E-state index contributed by atoms with van der Waals surface area (Å²) in [6, 6.07) is 0.174. The molecule has 1 fully saturated rings. The summed E-state index contributed by atoms with van der Waals surface area (Å²) in [6.45, 7) is 4.96. The van der Waals surface area contributed by atoms with Gasteiger partial charge in [0.25, 0.3) is 0 Å². The number of nitrogens with zero attached hydrogens (tertiary/aromatic N) is 2. The van der Waals surface area contributed by atoms with Gasteiger partial charge in [-0.3, -0.25) is 16.0 Å². The normalized spacial score (nSPS) is 24.9. The van der Waals surface area contributed by atoms with E-state index in [0.29, 0.717) is 11.1 Å². The minimum absolute atomic E-state index is 0.174. The van der Waals surface area contributed by atoms with Crippen LogP contribution in [-0.4, -0.2) is 28.5 Å². The van der Waals surface area contributed by atoms with Crippen LogP contribution in [0.2, 0.25) is 5.15 Å². The summed E-state index contributed by atoms with van der Waals surface area (Å²) >= 11 is 6.29. The number of halogens is 1. The Morgan fingerprint density at radius 1 is 1.63 bits per heavy atom. The summed E-state index contributed by atoms with van der Waals surface area (Å²) in [6.07, 6.45) is 3.14. The minimum Gasteiger partial charge on any atom is -0.378 e. The molecule has 1 aromatic rings. The fraction of sp³-hybridized carbons (Fsp3) is 0.769. The molecule has 6 heteroatoms. The number of hydrazine groups is 1. The molecule has 1 saturated heterocycles. The number of hydrogen-bond donors (Lipinski definition) is 2. The van der Waals surface area contributed by atoms with E-state index in [1.165, 1.54) is 0 Å². The first kappa shape index (κ1) is 14.8. The first-order chi connectivity index (χ1) is 9.08. The van der Waals surface area contributed by atoms with Gasteiger partial charge in [-0.05, 0) is 26.2 Å². The lowest BCUT2D eigenvalue weighted by molar-refractivity contribution is 0.0774. The lowest BCUT2D eigenvalue weighted by Crippen LogP contribution is -2.45. The van der Waals surface area contributed by atoms with Crippen molar-refractivity contribution in [3.63, 3.8) is 0 Å². The van der Waals surface area contributed by atoms with Gasteiger partial charge in [-0.2, -0.15) is 5.10 Å². The fourth-order valence-electron chi connectivity index (χ4n) is 3.01. The molecule has 1 aliphatic rings. The first-order valence-corrected chi connectivity index (χ1v) is 7.22. The Hall–Kier alpha value is -0.620. The number of aryl methyl sites for hydroxylation is 2. The molecule has 0 amide bonds. The monoisotopic (exact) mass is 286 g/mol. The standard InChI is InChI=1S/C13H23ClN4O/c1-4-12-9(5-6-19-12)11(16-15)7-10-8(2)17-18(3)13(10)14/h9,11-12,16H,4-7,15H2,1-3H3.